The van der Waals surface area contributed by atoms with E-state index in [0.717, 1.165) is 25.3 Å². The lowest BCUT2D eigenvalue weighted by molar-refractivity contribution is -0.132. The molecule has 1 aromatic rings. The van der Waals surface area contributed by atoms with Gasteiger partial charge in [0, 0.05) is 32.1 Å². The molecule has 1 amide bonds. The van der Waals surface area contributed by atoms with Gasteiger partial charge in [-0.2, -0.15) is 0 Å². The minimum atomic E-state index is 0.231. The molecule has 1 aliphatic rings. The van der Waals surface area contributed by atoms with Crippen molar-refractivity contribution in [2.75, 3.05) is 25.0 Å². The Balaban J connectivity index is 1.71. The number of carbonyl (C=O) groups excluding carboxylic acids is 1. The van der Waals surface area contributed by atoms with E-state index in [4.69, 9.17) is 4.52 Å². The molecule has 0 spiro atoms. The number of anilines is 1. The molecule has 1 aromatic heterocycles. The summed E-state index contributed by atoms with van der Waals surface area (Å²) >= 11 is 0. The zero-order chi connectivity index (χ0) is 13.0. The first-order chi connectivity index (χ1) is 8.65. The number of rotatable bonds is 4. The van der Waals surface area contributed by atoms with E-state index in [9.17, 15) is 4.79 Å². The molecule has 1 N–H and O–H groups in total. The maximum atomic E-state index is 12.0. The Morgan fingerprint density at radius 2 is 2.50 bits per heavy atom. The summed E-state index contributed by atoms with van der Waals surface area (Å²) < 4.78 is 4.94. The third-order valence-corrected chi connectivity index (χ3v) is 3.28. The Hall–Kier alpha value is -1.52. The molecule has 1 unspecified atom stereocenters. The van der Waals surface area contributed by atoms with Crippen molar-refractivity contribution in [2.45, 2.75) is 33.1 Å². The van der Waals surface area contributed by atoms with E-state index in [1.54, 1.807) is 0 Å². The fourth-order valence-corrected chi connectivity index (χ4v) is 2.32. The quantitative estimate of drug-likeness (QED) is 0.889. The number of carbonyl (C=O) groups is 1. The van der Waals surface area contributed by atoms with Gasteiger partial charge >= 0.3 is 0 Å². The summed E-state index contributed by atoms with van der Waals surface area (Å²) in [5.74, 6) is 2.34. The van der Waals surface area contributed by atoms with Crippen LogP contribution in [0, 0.1) is 12.8 Å². The molecule has 1 aliphatic heterocycles. The lowest BCUT2D eigenvalue weighted by Gasteiger charge is -2.31. The molecule has 2 rings (SSSR count). The minimum absolute atomic E-state index is 0.231. The van der Waals surface area contributed by atoms with Gasteiger partial charge in [0.1, 0.15) is 5.76 Å². The maximum Gasteiger partial charge on any atom is 0.224 e. The van der Waals surface area contributed by atoms with Crippen LogP contribution in [-0.2, 0) is 4.79 Å². The Morgan fingerprint density at radius 1 is 1.67 bits per heavy atom. The summed E-state index contributed by atoms with van der Waals surface area (Å²) in [6.45, 7) is 6.47. The third kappa shape index (κ3) is 3.48. The van der Waals surface area contributed by atoms with Gasteiger partial charge < -0.3 is 14.7 Å². The van der Waals surface area contributed by atoms with E-state index in [-0.39, 0.29) is 5.91 Å². The Labute approximate surface area is 108 Å². The van der Waals surface area contributed by atoms with E-state index in [1.165, 1.54) is 6.42 Å². The van der Waals surface area contributed by atoms with Crippen molar-refractivity contribution in [1.29, 1.82) is 0 Å². The predicted octanol–water partition coefficient (Wildman–Crippen LogP) is 2.04. The average molecular weight is 251 g/mol. The molecule has 0 radical (unpaired) electrons. The van der Waals surface area contributed by atoms with Crippen LogP contribution in [0.5, 0.6) is 0 Å². The smallest absolute Gasteiger partial charge is 0.224 e. The van der Waals surface area contributed by atoms with Crippen LogP contribution in [0.2, 0.25) is 0 Å². The number of hydrogen-bond donors (Lipinski definition) is 1. The molecule has 18 heavy (non-hydrogen) atoms. The number of piperidine rings is 1. The van der Waals surface area contributed by atoms with Crippen LogP contribution in [0.3, 0.4) is 0 Å². The van der Waals surface area contributed by atoms with Gasteiger partial charge in [0.25, 0.3) is 0 Å². The topological polar surface area (TPSA) is 58.4 Å². The maximum absolute atomic E-state index is 12.0. The number of amides is 1. The van der Waals surface area contributed by atoms with Gasteiger partial charge in [-0.25, -0.2) is 0 Å². The Kier molecular flexibility index (Phi) is 4.23. The van der Waals surface area contributed by atoms with Gasteiger partial charge in [0.15, 0.2) is 5.82 Å². The molecule has 1 atom stereocenters. The Bertz CT molecular complexity index is 403. The SMILES string of the molecule is Cc1cc(NCCC(=O)N2CCCC(C)C2)no1. The number of likely N-dealkylation sites (tertiary alicyclic amines) is 1. The standard InChI is InChI=1S/C13H21N3O2/c1-10-4-3-7-16(9-10)13(17)5-6-14-12-8-11(2)18-15-12/h8,10H,3-7,9H2,1-2H3,(H,14,15). The first-order valence-corrected chi connectivity index (χ1v) is 6.60. The molecular weight excluding hydrogens is 230 g/mol. The van der Waals surface area contributed by atoms with Crippen LogP contribution in [0.1, 0.15) is 31.9 Å². The molecule has 5 heteroatoms. The molecule has 1 fully saturated rings. The van der Waals surface area contributed by atoms with Crippen molar-refractivity contribution >= 4 is 11.7 Å². The van der Waals surface area contributed by atoms with E-state index >= 15 is 0 Å². The number of nitrogens with zero attached hydrogens (tertiary/aromatic N) is 2. The second-order valence-electron chi connectivity index (χ2n) is 5.09. The van der Waals surface area contributed by atoms with Gasteiger partial charge in [-0.1, -0.05) is 12.1 Å². The highest BCUT2D eigenvalue weighted by atomic mass is 16.5. The number of hydrogen-bond acceptors (Lipinski definition) is 4. The first-order valence-electron chi connectivity index (χ1n) is 6.60. The van der Waals surface area contributed by atoms with Crippen molar-refractivity contribution in [1.82, 2.24) is 10.1 Å². The van der Waals surface area contributed by atoms with Crippen LogP contribution in [-0.4, -0.2) is 35.6 Å². The van der Waals surface area contributed by atoms with Gasteiger partial charge in [-0.15, -0.1) is 0 Å². The fraction of sp³-hybridized carbons (Fsp3) is 0.692. The van der Waals surface area contributed by atoms with Crippen LogP contribution in [0.4, 0.5) is 5.82 Å². The van der Waals surface area contributed by atoms with E-state index < -0.39 is 0 Å². The normalized spacial score (nSPS) is 19.9. The highest BCUT2D eigenvalue weighted by Gasteiger charge is 2.20. The number of nitrogens with one attached hydrogen (secondary N) is 1. The van der Waals surface area contributed by atoms with Crippen LogP contribution < -0.4 is 5.32 Å². The summed E-state index contributed by atoms with van der Waals surface area (Å²) in [6, 6.07) is 1.83. The van der Waals surface area contributed by atoms with E-state index in [0.29, 0.717) is 24.7 Å². The zero-order valence-electron chi connectivity index (χ0n) is 11.1. The average Bonchev–Trinajstić information content (AvgIpc) is 2.75. The number of aromatic nitrogens is 1. The second-order valence-corrected chi connectivity index (χ2v) is 5.09. The molecule has 100 valence electrons. The second kappa shape index (κ2) is 5.89. The molecule has 1 saturated heterocycles. The fourth-order valence-electron chi connectivity index (χ4n) is 2.32. The summed E-state index contributed by atoms with van der Waals surface area (Å²) in [7, 11) is 0. The molecule has 0 saturated carbocycles. The van der Waals surface area contributed by atoms with E-state index in [2.05, 4.69) is 17.4 Å². The third-order valence-electron chi connectivity index (χ3n) is 3.28. The van der Waals surface area contributed by atoms with Gasteiger partial charge in [0.05, 0.1) is 0 Å². The highest BCUT2D eigenvalue weighted by molar-refractivity contribution is 5.76. The summed E-state index contributed by atoms with van der Waals surface area (Å²) in [4.78, 5) is 14.0. The predicted molar refractivity (Wildman–Crippen MR) is 69.3 cm³/mol. The lowest BCUT2D eigenvalue weighted by Crippen LogP contribution is -2.39. The molecule has 0 bridgehead atoms. The molecule has 0 aliphatic carbocycles. The van der Waals surface area contributed by atoms with Crippen molar-refractivity contribution in [3.05, 3.63) is 11.8 Å². The van der Waals surface area contributed by atoms with Gasteiger partial charge in [-0.3, -0.25) is 4.79 Å². The molecule has 0 aromatic carbocycles. The van der Waals surface area contributed by atoms with Crippen LogP contribution in [0.15, 0.2) is 10.6 Å². The summed E-state index contributed by atoms with van der Waals surface area (Å²) in [5, 5.41) is 6.92. The van der Waals surface area contributed by atoms with Crippen molar-refractivity contribution in [3.8, 4) is 0 Å². The van der Waals surface area contributed by atoms with Crippen LogP contribution >= 0.6 is 0 Å². The van der Waals surface area contributed by atoms with Crippen molar-refractivity contribution in [2.24, 2.45) is 5.92 Å². The minimum Gasteiger partial charge on any atom is -0.367 e. The first kappa shape index (κ1) is 12.9. The van der Waals surface area contributed by atoms with Gasteiger partial charge in [-0.05, 0) is 25.7 Å². The van der Waals surface area contributed by atoms with E-state index in [1.807, 2.05) is 17.9 Å². The molecule has 2 heterocycles. The van der Waals surface area contributed by atoms with Crippen LogP contribution in [0.25, 0.3) is 0 Å². The Morgan fingerprint density at radius 3 is 3.17 bits per heavy atom. The van der Waals surface area contributed by atoms with Gasteiger partial charge in [0.2, 0.25) is 5.91 Å². The summed E-state index contributed by atoms with van der Waals surface area (Å²) in [5.41, 5.74) is 0. The molecular formula is C13H21N3O2. The van der Waals surface area contributed by atoms with Crippen molar-refractivity contribution in [3.63, 3.8) is 0 Å². The molecule has 5 nitrogen and oxygen atoms in total. The largest absolute Gasteiger partial charge is 0.367 e. The monoisotopic (exact) mass is 251 g/mol. The number of aryl methyl sites for hydroxylation is 1. The van der Waals surface area contributed by atoms with Crippen molar-refractivity contribution < 1.29 is 9.32 Å². The summed E-state index contributed by atoms with van der Waals surface area (Å²) in [6.07, 6.45) is 2.88. The lowest BCUT2D eigenvalue weighted by atomic mass is 10.00. The zero-order valence-corrected chi connectivity index (χ0v) is 11.1. The highest BCUT2D eigenvalue weighted by Crippen LogP contribution is 2.16.